The quantitative estimate of drug-likeness (QED) is 0.880. The van der Waals surface area contributed by atoms with Gasteiger partial charge in [0, 0.05) is 19.1 Å². The van der Waals surface area contributed by atoms with Crippen LogP contribution in [0.5, 0.6) is 0 Å². The van der Waals surface area contributed by atoms with Crippen LogP contribution in [-0.4, -0.2) is 41.9 Å². The fraction of sp³-hybridized carbons (Fsp3) is 0.588. The third-order valence-electron chi connectivity index (χ3n) is 3.60. The number of nitrogens with one attached hydrogen (secondary N) is 1. The van der Waals surface area contributed by atoms with Crippen molar-refractivity contribution in [1.29, 1.82) is 0 Å². The van der Waals surface area contributed by atoms with Gasteiger partial charge in [0.2, 0.25) is 0 Å². The molecule has 0 unspecified atom stereocenters. The van der Waals surface area contributed by atoms with E-state index < -0.39 is 17.9 Å². The predicted octanol–water partition coefficient (Wildman–Crippen LogP) is 3.35. The topological polar surface area (TPSA) is 41.6 Å². The average Bonchev–Trinajstić information content (AvgIpc) is 2.45. The highest BCUT2D eigenvalue weighted by Gasteiger charge is 2.33. The molecule has 1 heterocycles. The molecule has 1 fully saturated rings. The van der Waals surface area contributed by atoms with Crippen molar-refractivity contribution in [2.75, 3.05) is 13.1 Å². The fourth-order valence-corrected chi connectivity index (χ4v) is 2.47. The first-order valence-electron chi connectivity index (χ1n) is 7.74. The number of nitrogens with zero attached hydrogens (tertiary/aromatic N) is 1. The fourth-order valence-electron chi connectivity index (χ4n) is 2.47. The Kier molecular flexibility index (Phi) is 9.77. The molecule has 4 nitrogen and oxygen atoms in total. The number of likely N-dealkylation sites (tertiary alicyclic amines) is 1. The minimum Gasteiger partial charge on any atom is -0.444 e. The molecule has 0 spiro atoms. The SMILES string of the molecule is CC(C)(C)OC(=O)N1CC[C@H](NCc2ccccc2)[C@@H](F)C1.S.S. The summed E-state index contributed by atoms with van der Waals surface area (Å²) in [5.74, 6) is 0. The van der Waals surface area contributed by atoms with E-state index in [-0.39, 0.29) is 39.6 Å². The Labute approximate surface area is 158 Å². The van der Waals surface area contributed by atoms with Gasteiger partial charge in [-0.15, -0.1) is 0 Å². The van der Waals surface area contributed by atoms with E-state index in [4.69, 9.17) is 4.74 Å². The van der Waals surface area contributed by atoms with E-state index in [0.717, 1.165) is 5.56 Å². The number of benzene rings is 1. The standard InChI is InChI=1S/C17H25FN2O2.2H2S/c1-17(2,3)22-16(21)20-10-9-15(14(18)12-20)19-11-13-7-5-4-6-8-13;;/h4-8,14-15,19H,9-12H2,1-3H3;2*1H2/t14-,15-;;/m0../s1. The van der Waals surface area contributed by atoms with E-state index in [1.165, 1.54) is 4.90 Å². The molecule has 1 N–H and O–H groups in total. The number of alkyl halides is 1. The number of carbonyl (C=O) groups is 1. The molecule has 7 heteroatoms. The smallest absolute Gasteiger partial charge is 0.410 e. The lowest BCUT2D eigenvalue weighted by molar-refractivity contribution is 0.00934. The lowest BCUT2D eigenvalue weighted by Crippen LogP contribution is -2.53. The molecule has 0 aromatic heterocycles. The number of halogens is 1. The van der Waals surface area contributed by atoms with Crippen LogP contribution in [0.4, 0.5) is 9.18 Å². The Bertz CT molecular complexity index is 497. The summed E-state index contributed by atoms with van der Waals surface area (Å²) in [4.78, 5) is 13.4. The largest absolute Gasteiger partial charge is 0.444 e. The van der Waals surface area contributed by atoms with Crippen LogP contribution in [0.1, 0.15) is 32.8 Å². The van der Waals surface area contributed by atoms with Gasteiger partial charge < -0.3 is 15.0 Å². The van der Waals surface area contributed by atoms with Gasteiger partial charge in [0.1, 0.15) is 11.8 Å². The van der Waals surface area contributed by atoms with Crippen molar-refractivity contribution < 1.29 is 13.9 Å². The van der Waals surface area contributed by atoms with Crippen LogP contribution in [0.3, 0.4) is 0 Å². The Hall–Kier alpha value is -0.920. The van der Waals surface area contributed by atoms with Crippen molar-refractivity contribution in [3.8, 4) is 0 Å². The highest BCUT2D eigenvalue weighted by Crippen LogP contribution is 2.18. The maximum absolute atomic E-state index is 14.3. The second-order valence-electron chi connectivity index (χ2n) is 6.70. The molecule has 1 aliphatic heterocycles. The molecule has 24 heavy (non-hydrogen) atoms. The zero-order valence-electron chi connectivity index (χ0n) is 14.5. The lowest BCUT2D eigenvalue weighted by Gasteiger charge is -2.36. The summed E-state index contributed by atoms with van der Waals surface area (Å²) in [5.41, 5.74) is 0.579. The third kappa shape index (κ3) is 7.32. The Morgan fingerprint density at radius 3 is 2.46 bits per heavy atom. The summed E-state index contributed by atoms with van der Waals surface area (Å²) in [6, 6.07) is 9.69. The van der Waals surface area contributed by atoms with Crippen LogP contribution in [0, 0.1) is 0 Å². The molecule has 1 saturated heterocycles. The van der Waals surface area contributed by atoms with E-state index in [1.807, 2.05) is 51.1 Å². The van der Waals surface area contributed by atoms with E-state index in [0.29, 0.717) is 19.5 Å². The van der Waals surface area contributed by atoms with Gasteiger partial charge in [-0.05, 0) is 32.8 Å². The highest BCUT2D eigenvalue weighted by atomic mass is 32.1. The molecule has 0 aliphatic carbocycles. The van der Waals surface area contributed by atoms with Crippen LogP contribution >= 0.6 is 27.0 Å². The molecule has 1 amide bonds. The van der Waals surface area contributed by atoms with Crippen LogP contribution in [0.2, 0.25) is 0 Å². The molecular weight excluding hydrogens is 347 g/mol. The molecule has 2 atom stereocenters. The molecule has 0 radical (unpaired) electrons. The Balaban J connectivity index is 0.00000264. The molecule has 0 bridgehead atoms. The van der Waals surface area contributed by atoms with E-state index in [2.05, 4.69) is 5.32 Å². The monoisotopic (exact) mass is 376 g/mol. The van der Waals surface area contributed by atoms with Crippen LogP contribution < -0.4 is 5.32 Å². The summed E-state index contributed by atoms with van der Waals surface area (Å²) in [5, 5.41) is 3.24. The van der Waals surface area contributed by atoms with Gasteiger partial charge in [0.15, 0.2) is 0 Å². The van der Waals surface area contributed by atoms with Gasteiger partial charge in [-0.25, -0.2) is 9.18 Å². The minimum absolute atomic E-state index is 0. The summed E-state index contributed by atoms with van der Waals surface area (Å²) in [6.07, 6.45) is -0.922. The lowest BCUT2D eigenvalue weighted by atomic mass is 10.0. The molecule has 138 valence electrons. The molecule has 1 aliphatic rings. The number of rotatable bonds is 3. The van der Waals surface area contributed by atoms with Gasteiger partial charge in [-0.2, -0.15) is 27.0 Å². The average molecular weight is 377 g/mol. The maximum Gasteiger partial charge on any atom is 0.410 e. The van der Waals surface area contributed by atoms with Crippen LogP contribution in [0.15, 0.2) is 30.3 Å². The molecule has 1 aromatic rings. The van der Waals surface area contributed by atoms with Crippen molar-refractivity contribution in [3.63, 3.8) is 0 Å². The van der Waals surface area contributed by atoms with E-state index in [9.17, 15) is 9.18 Å². The second kappa shape index (κ2) is 10.2. The zero-order chi connectivity index (χ0) is 16.2. The van der Waals surface area contributed by atoms with Crippen molar-refractivity contribution >= 4 is 33.1 Å². The van der Waals surface area contributed by atoms with Gasteiger partial charge in [-0.3, -0.25) is 0 Å². The first-order chi connectivity index (χ1) is 10.3. The number of ether oxygens (including phenoxy) is 1. The summed E-state index contributed by atoms with van der Waals surface area (Å²) in [6.45, 7) is 6.67. The summed E-state index contributed by atoms with van der Waals surface area (Å²) < 4.78 is 19.6. The summed E-state index contributed by atoms with van der Waals surface area (Å²) >= 11 is 0. The molecule has 1 aromatic carbocycles. The maximum atomic E-state index is 14.3. The van der Waals surface area contributed by atoms with Gasteiger partial charge in [0.05, 0.1) is 6.54 Å². The molecule has 0 saturated carbocycles. The van der Waals surface area contributed by atoms with Crippen molar-refractivity contribution in [3.05, 3.63) is 35.9 Å². The highest BCUT2D eigenvalue weighted by molar-refractivity contribution is 7.59. The van der Waals surface area contributed by atoms with Crippen LogP contribution in [-0.2, 0) is 11.3 Å². The minimum atomic E-state index is -1.08. The van der Waals surface area contributed by atoms with E-state index in [1.54, 1.807) is 0 Å². The number of amides is 1. The Morgan fingerprint density at radius 1 is 1.29 bits per heavy atom. The van der Waals surface area contributed by atoms with Gasteiger partial charge >= 0.3 is 6.09 Å². The number of piperidine rings is 1. The van der Waals surface area contributed by atoms with Crippen molar-refractivity contribution in [2.24, 2.45) is 0 Å². The zero-order valence-corrected chi connectivity index (χ0v) is 16.5. The molecule has 2 rings (SSSR count). The normalized spacial score (nSPS) is 20.6. The first-order valence-corrected chi connectivity index (χ1v) is 7.74. The van der Waals surface area contributed by atoms with E-state index >= 15 is 0 Å². The number of hydrogen-bond acceptors (Lipinski definition) is 3. The number of carbonyl (C=O) groups excluding carboxylic acids is 1. The van der Waals surface area contributed by atoms with Gasteiger partial charge in [0.25, 0.3) is 0 Å². The first kappa shape index (κ1) is 23.1. The summed E-state index contributed by atoms with van der Waals surface area (Å²) in [7, 11) is 0. The van der Waals surface area contributed by atoms with Gasteiger partial charge in [-0.1, -0.05) is 30.3 Å². The molecular formula is C17H29FN2O2S2. The van der Waals surface area contributed by atoms with Crippen molar-refractivity contribution in [1.82, 2.24) is 10.2 Å². The van der Waals surface area contributed by atoms with Crippen LogP contribution in [0.25, 0.3) is 0 Å². The number of hydrogen-bond donors (Lipinski definition) is 1. The second-order valence-corrected chi connectivity index (χ2v) is 6.70. The van der Waals surface area contributed by atoms with Crippen molar-refractivity contribution in [2.45, 2.75) is 51.6 Å². The Morgan fingerprint density at radius 2 is 1.92 bits per heavy atom. The third-order valence-corrected chi connectivity index (χ3v) is 3.60. The predicted molar refractivity (Wildman–Crippen MR) is 105 cm³/mol.